The number of nitrogens with two attached hydrogens (primary N) is 1. The second kappa shape index (κ2) is 8.97. The van der Waals surface area contributed by atoms with Gasteiger partial charge in [-0.25, -0.2) is 0 Å². The molecule has 0 bridgehead atoms. The van der Waals surface area contributed by atoms with Crippen LogP contribution in [0.4, 0.5) is 5.69 Å². The lowest BCUT2D eigenvalue weighted by molar-refractivity contribution is -0.125. The van der Waals surface area contributed by atoms with Crippen molar-refractivity contribution in [3.63, 3.8) is 0 Å². The van der Waals surface area contributed by atoms with Gasteiger partial charge < -0.3 is 16.0 Å². The number of nitrogens with one attached hydrogen (secondary N) is 1. The van der Waals surface area contributed by atoms with E-state index in [9.17, 15) is 4.79 Å². The van der Waals surface area contributed by atoms with Crippen LogP contribution in [0.1, 0.15) is 25.7 Å². The van der Waals surface area contributed by atoms with Crippen molar-refractivity contribution in [3.05, 3.63) is 29.3 Å². The van der Waals surface area contributed by atoms with E-state index in [2.05, 4.69) is 16.3 Å². The number of amides is 1. The molecule has 130 valence electrons. The Morgan fingerprint density at radius 3 is 2.70 bits per heavy atom. The number of carbonyl (C=O) groups excluding carboxylic acids is 1. The molecule has 23 heavy (non-hydrogen) atoms. The zero-order valence-electron chi connectivity index (χ0n) is 12.9. The van der Waals surface area contributed by atoms with Crippen LogP contribution < -0.4 is 16.0 Å². The van der Waals surface area contributed by atoms with E-state index in [-0.39, 0.29) is 48.7 Å². The molecule has 0 spiro atoms. The van der Waals surface area contributed by atoms with Crippen LogP contribution in [0, 0.1) is 5.92 Å². The minimum Gasteiger partial charge on any atom is -0.369 e. The Bertz CT molecular complexity index is 529. The number of rotatable bonds is 3. The van der Waals surface area contributed by atoms with Gasteiger partial charge in [-0.2, -0.15) is 0 Å². The minimum atomic E-state index is 0. The van der Waals surface area contributed by atoms with E-state index in [1.165, 1.54) is 0 Å². The fourth-order valence-corrected chi connectivity index (χ4v) is 3.54. The van der Waals surface area contributed by atoms with Crippen LogP contribution in [-0.2, 0) is 4.79 Å². The third-order valence-corrected chi connectivity index (χ3v) is 4.79. The molecule has 1 aromatic carbocycles. The van der Waals surface area contributed by atoms with Gasteiger partial charge >= 0.3 is 0 Å². The Morgan fingerprint density at radius 1 is 1.26 bits per heavy atom. The Kier molecular flexibility index (Phi) is 7.95. The molecule has 1 saturated carbocycles. The van der Waals surface area contributed by atoms with Crippen LogP contribution in [0.3, 0.4) is 0 Å². The molecule has 4 nitrogen and oxygen atoms in total. The van der Waals surface area contributed by atoms with Gasteiger partial charge in [0.25, 0.3) is 0 Å². The summed E-state index contributed by atoms with van der Waals surface area (Å²) in [6.07, 6.45) is 3.71. The smallest absolute Gasteiger partial charge is 0.223 e. The molecule has 1 amide bonds. The maximum absolute atomic E-state index is 12.2. The lowest BCUT2D eigenvalue weighted by Gasteiger charge is -2.20. The van der Waals surface area contributed by atoms with E-state index in [1.54, 1.807) is 0 Å². The number of nitrogens with zero attached hydrogens (tertiary/aromatic N) is 1. The fraction of sp³-hybridized carbons (Fsp3) is 0.562. The van der Waals surface area contributed by atoms with Crippen LogP contribution in [0.15, 0.2) is 24.3 Å². The standard InChI is InChI=1S/C16H22ClN3O.2ClH/c17-12-2-1-3-15(9-12)20-7-6-14(10-20)19-16(21)11-4-5-13(18)8-11;;/h1-3,9,11,13-14H,4-8,10,18H2,(H,19,21);2*1H. The van der Waals surface area contributed by atoms with E-state index in [1.807, 2.05) is 18.2 Å². The molecule has 3 rings (SSSR count). The minimum absolute atomic E-state index is 0. The van der Waals surface area contributed by atoms with Crippen molar-refractivity contribution < 1.29 is 4.79 Å². The summed E-state index contributed by atoms with van der Waals surface area (Å²) in [6, 6.07) is 8.31. The molecule has 1 aliphatic heterocycles. The predicted octanol–water partition coefficient (Wildman–Crippen LogP) is 3.01. The van der Waals surface area contributed by atoms with E-state index in [0.717, 1.165) is 49.5 Å². The molecule has 2 aliphatic rings. The summed E-state index contributed by atoms with van der Waals surface area (Å²) < 4.78 is 0. The fourth-order valence-electron chi connectivity index (χ4n) is 3.36. The molecule has 3 atom stereocenters. The molecule has 3 unspecified atom stereocenters. The number of carbonyl (C=O) groups is 1. The molecule has 1 aliphatic carbocycles. The first kappa shape index (κ1) is 20.4. The molecule has 1 aromatic rings. The monoisotopic (exact) mass is 379 g/mol. The lowest BCUT2D eigenvalue weighted by Crippen LogP contribution is -2.40. The van der Waals surface area contributed by atoms with Crippen molar-refractivity contribution in [3.8, 4) is 0 Å². The van der Waals surface area contributed by atoms with Gasteiger partial charge in [0.15, 0.2) is 0 Å². The van der Waals surface area contributed by atoms with Crippen LogP contribution in [0.2, 0.25) is 5.02 Å². The Morgan fingerprint density at radius 2 is 2.04 bits per heavy atom. The van der Waals surface area contributed by atoms with Gasteiger partial charge in [0.1, 0.15) is 0 Å². The van der Waals surface area contributed by atoms with Crippen molar-refractivity contribution >= 4 is 48.0 Å². The van der Waals surface area contributed by atoms with Crippen molar-refractivity contribution in [2.75, 3.05) is 18.0 Å². The second-order valence-corrected chi connectivity index (χ2v) is 6.63. The lowest BCUT2D eigenvalue weighted by atomic mass is 10.1. The summed E-state index contributed by atoms with van der Waals surface area (Å²) in [5.74, 6) is 0.293. The number of halogens is 3. The van der Waals surface area contributed by atoms with Crippen molar-refractivity contribution in [2.24, 2.45) is 11.7 Å². The predicted molar refractivity (Wildman–Crippen MR) is 100 cm³/mol. The zero-order chi connectivity index (χ0) is 14.8. The quantitative estimate of drug-likeness (QED) is 0.847. The highest BCUT2D eigenvalue weighted by Gasteiger charge is 2.31. The molecule has 7 heteroatoms. The Balaban J connectivity index is 0.00000132. The van der Waals surface area contributed by atoms with Gasteiger partial charge in [0.05, 0.1) is 0 Å². The zero-order valence-corrected chi connectivity index (χ0v) is 15.3. The van der Waals surface area contributed by atoms with Crippen molar-refractivity contribution in [2.45, 2.75) is 37.8 Å². The molecular formula is C16H24Cl3N3O. The first-order valence-corrected chi connectivity index (χ1v) is 8.06. The van der Waals surface area contributed by atoms with E-state index < -0.39 is 0 Å². The average molecular weight is 381 g/mol. The topological polar surface area (TPSA) is 58.4 Å². The van der Waals surface area contributed by atoms with E-state index >= 15 is 0 Å². The summed E-state index contributed by atoms with van der Waals surface area (Å²) in [7, 11) is 0. The average Bonchev–Trinajstić information content (AvgIpc) is 3.08. The van der Waals surface area contributed by atoms with Gasteiger partial charge in [-0.1, -0.05) is 17.7 Å². The number of benzene rings is 1. The number of anilines is 1. The number of hydrogen-bond acceptors (Lipinski definition) is 3. The first-order chi connectivity index (χ1) is 10.1. The van der Waals surface area contributed by atoms with Gasteiger partial charge in [-0.15, -0.1) is 24.8 Å². The third kappa shape index (κ3) is 5.15. The molecular weight excluding hydrogens is 357 g/mol. The summed E-state index contributed by atoms with van der Waals surface area (Å²) >= 11 is 6.04. The van der Waals surface area contributed by atoms with Crippen LogP contribution in [-0.4, -0.2) is 31.1 Å². The summed E-state index contributed by atoms with van der Waals surface area (Å²) in [6.45, 7) is 1.81. The summed E-state index contributed by atoms with van der Waals surface area (Å²) in [5, 5.41) is 3.94. The van der Waals surface area contributed by atoms with Crippen LogP contribution in [0.5, 0.6) is 0 Å². The number of hydrogen-bond donors (Lipinski definition) is 2. The van der Waals surface area contributed by atoms with Gasteiger partial charge in [-0.05, 0) is 43.9 Å². The van der Waals surface area contributed by atoms with Crippen molar-refractivity contribution in [1.82, 2.24) is 5.32 Å². The molecule has 0 aromatic heterocycles. The highest BCUT2D eigenvalue weighted by atomic mass is 35.5. The van der Waals surface area contributed by atoms with E-state index in [0.29, 0.717) is 0 Å². The SMILES string of the molecule is Cl.Cl.NC1CCC(C(=O)NC2CCN(c3cccc(Cl)c3)C2)C1. The van der Waals surface area contributed by atoms with E-state index in [4.69, 9.17) is 17.3 Å². The summed E-state index contributed by atoms with van der Waals surface area (Å²) in [4.78, 5) is 14.5. The highest BCUT2D eigenvalue weighted by Crippen LogP contribution is 2.26. The molecule has 2 fully saturated rings. The summed E-state index contributed by atoms with van der Waals surface area (Å²) in [5.41, 5.74) is 7.01. The molecule has 1 saturated heterocycles. The van der Waals surface area contributed by atoms with Gasteiger partial charge in [0.2, 0.25) is 5.91 Å². The normalized spacial score (nSPS) is 26.3. The molecule has 0 radical (unpaired) electrons. The third-order valence-electron chi connectivity index (χ3n) is 4.55. The largest absolute Gasteiger partial charge is 0.369 e. The van der Waals surface area contributed by atoms with Gasteiger partial charge in [-0.3, -0.25) is 4.79 Å². The Labute approximate surface area is 154 Å². The maximum atomic E-state index is 12.2. The second-order valence-electron chi connectivity index (χ2n) is 6.19. The Hall–Kier alpha value is -0.680. The van der Waals surface area contributed by atoms with Crippen LogP contribution >= 0.6 is 36.4 Å². The molecule has 3 N–H and O–H groups in total. The highest BCUT2D eigenvalue weighted by molar-refractivity contribution is 6.30. The van der Waals surface area contributed by atoms with Gasteiger partial charge in [0, 0.05) is 41.8 Å². The molecule has 1 heterocycles. The van der Waals surface area contributed by atoms with Crippen LogP contribution in [0.25, 0.3) is 0 Å². The maximum Gasteiger partial charge on any atom is 0.223 e. The van der Waals surface area contributed by atoms with Crippen molar-refractivity contribution in [1.29, 1.82) is 0 Å². The first-order valence-electron chi connectivity index (χ1n) is 7.68.